The lowest BCUT2D eigenvalue weighted by atomic mass is 10.1. The molecule has 0 bridgehead atoms. The second kappa shape index (κ2) is 5.93. The summed E-state index contributed by atoms with van der Waals surface area (Å²) < 4.78 is 5.34. The van der Waals surface area contributed by atoms with Gasteiger partial charge in [0.05, 0.1) is 11.4 Å². The van der Waals surface area contributed by atoms with E-state index in [0.29, 0.717) is 6.54 Å². The SMILES string of the molecule is C[C@@H](NCc1ccc2c(c1)NC(=O)CO2)c1ccccn1. The molecule has 1 amide bonds. The van der Waals surface area contributed by atoms with Crippen LogP contribution in [0.1, 0.15) is 24.2 Å². The van der Waals surface area contributed by atoms with Crippen LogP contribution < -0.4 is 15.4 Å². The van der Waals surface area contributed by atoms with Crippen molar-refractivity contribution in [3.8, 4) is 5.75 Å². The van der Waals surface area contributed by atoms with E-state index in [-0.39, 0.29) is 18.6 Å². The Hall–Kier alpha value is -2.40. The summed E-state index contributed by atoms with van der Waals surface area (Å²) in [5.41, 5.74) is 2.82. The molecule has 108 valence electrons. The van der Waals surface area contributed by atoms with E-state index >= 15 is 0 Å². The van der Waals surface area contributed by atoms with Crippen molar-refractivity contribution in [2.24, 2.45) is 0 Å². The lowest BCUT2D eigenvalue weighted by Crippen LogP contribution is -2.25. The number of pyridine rings is 1. The van der Waals surface area contributed by atoms with Crippen molar-refractivity contribution < 1.29 is 9.53 Å². The maximum atomic E-state index is 11.3. The van der Waals surface area contributed by atoms with Gasteiger partial charge >= 0.3 is 0 Å². The predicted molar refractivity (Wildman–Crippen MR) is 80.1 cm³/mol. The smallest absolute Gasteiger partial charge is 0.262 e. The molecule has 0 spiro atoms. The van der Waals surface area contributed by atoms with Crippen LogP contribution in [0.15, 0.2) is 42.6 Å². The largest absolute Gasteiger partial charge is 0.482 e. The molecule has 5 nitrogen and oxygen atoms in total. The fourth-order valence-corrected chi connectivity index (χ4v) is 2.25. The fourth-order valence-electron chi connectivity index (χ4n) is 2.25. The van der Waals surface area contributed by atoms with Gasteiger partial charge in [0.15, 0.2) is 6.61 Å². The van der Waals surface area contributed by atoms with Crippen LogP contribution in [-0.4, -0.2) is 17.5 Å². The Morgan fingerprint density at radius 1 is 1.38 bits per heavy atom. The van der Waals surface area contributed by atoms with Gasteiger partial charge in [0, 0.05) is 18.8 Å². The average Bonchev–Trinajstić information content (AvgIpc) is 2.53. The van der Waals surface area contributed by atoms with Crippen molar-refractivity contribution in [2.75, 3.05) is 11.9 Å². The van der Waals surface area contributed by atoms with Gasteiger partial charge in [-0.3, -0.25) is 9.78 Å². The third-order valence-electron chi connectivity index (χ3n) is 3.42. The van der Waals surface area contributed by atoms with Gasteiger partial charge in [0.2, 0.25) is 0 Å². The van der Waals surface area contributed by atoms with Crippen LogP contribution >= 0.6 is 0 Å². The van der Waals surface area contributed by atoms with Gasteiger partial charge in [0.1, 0.15) is 5.75 Å². The molecule has 0 aliphatic carbocycles. The molecule has 2 heterocycles. The third kappa shape index (κ3) is 3.20. The number of fused-ring (bicyclic) bond motifs is 1. The molecule has 2 N–H and O–H groups in total. The summed E-state index contributed by atoms with van der Waals surface area (Å²) in [6.45, 7) is 2.85. The number of rotatable bonds is 4. The Kier molecular flexibility index (Phi) is 3.83. The first-order valence-corrected chi connectivity index (χ1v) is 6.92. The maximum Gasteiger partial charge on any atom is 0.262 e. The van der Waals surface area contributed by atoms with Crippen molar-refractivity contribution in [2.45, 2.75) is 19.5 Å². The summed E-state index contributed by atoms with van der Waals surface area (Å²) in [7, 11) is 0. The molecule has 0 radical (unpaired) electrons. The minimum absolute atomic E-state index is 0.0846. The van der Waals surface area contributed by atoms with Crippen molar-refractivity contribution in [3.63, 3.8) is 0 Å². The van der Waals surface area contributed by atoms with Crippen LogP contribution in [0, 0.1) is 0 Å². The number of nitrogens with zero attached hydrogens (tertiary/aromatic N) is 1. The molecule has 2 aromatic rings. The number of carbonyl (C=O) groups excluding carboxylic acids is 1. The number of hydrogen-bond acceptors (Lipinski definition) is 4. The van der Waals surface area contributed by atoms with E-state index in [1.807, 2.05) is 36.4 Å². The van der Waals surface area contributed by atoms with Gasteiger partial charge in [0.25, 0.3) is 5.91 Å². The first-order chi connectivity index (χ1) is 10.2. The van der Waals surface area contributed by atoms with Crippen LogP contribution in [0.5, 0.6) is 5.75 Å². The number of hydrogen-bond donors (Lipinski definition) is 2. The quantitative estimate of drug-likeness (QED) is 0.903. The molecule has 0 saturated carbocycles. The number of nitrogens with one attached hydrogen (secondary N) is 2. The number of ether oxygens (including phenoxy) is 1. The Morgan fingerprint density at radius 2 is 2.29 bits per heavy atom. The molecular weight excluding hydrogens is 266 g/mol. The standard InChI is InChI=1S/C16H17N3O2/c1-11(13-4-2-3-7-17-13)18-9-12-5-6-15-14(8-12)19-16(20)10-21-15/h2-8,11,18H,9-10H2,1H3,(H,19,20)/t11-/m1/s1. The Labute approximate surface area is 123 Å². The van der Waals surface area contributed by atoms with Crippen LogP contribution in [0.25, 0.3) is 0 Å². The van der Waals surface area contributed by atoms with Gasteiger partial charge in [-0.05, 0) is 36.8 Å². The normalized spacial score (nSPS) is 14.8. The maximum absolute atomic E-state index is 11.3. The van der Waals surface area contributed by atoms with E-state index in [0.717, 1.165) is 22.7 Å². The Morgan fingerprint density at radius 3 is 3.10 bits per heavy atom. The molecule has 1 aromatic carbocycles. The predicted octanol–water partition coefficient (Wildman–Crippen LogP) is 2.26. The zero-order valence-corrected chi connectivity index (χ0v) is 11.8. The first-order valence-electron chi connectivity index (χ1n) is 6.92. The molecule has 1 aliphatic heterocycles. The van der Waals surface area contributed by atoms with Crippen LogP contribution in [-0.2, 0) is 11.3 Å². The number of anilines is 1. The molecule has 0 fully saturated rings. The van der Waals surface area contributed by atoms with Crippen LogP contribution in [0.3, 0.4) is 0 Å². The lowest BCUT2D eigenvalue weighted by Gasteiger charge is -2.19. The summed E-state index contributed by atoms with van der Waals surface area (Å²) in [5.74, 6) is 0.602. The molecule has 5 heteroatoms. The number of carbonyl (C=O) groups is 1. The van der Waals surface area contributed by atoms with Crippen molar-refractivity contribution in [3.05, 3.63) is 53.9 Å². The summed E-state index contributed by atoms with van der Waals surface area (Å²) in [6, 6.07) is 11.9. The lowest BCUT2D eigenvalue weighted by molar-refractivity contribution is -0.118. The molecule has 1 atom stereocenters. The first kappa shape index (κ1) is 13.6. The second-order valence-electron chi connectivity index (χ2n) is 5.02. The van der Waals surface area contributed by atoms with Gasteiger partial charge in [-0.1, -0.05) is 12.1 Å². The highest BCUT2D eigenvalue weighted by atomic mass is 16.5. The van der Waals surface area contributed by atoms with E-state index < -0.39 is 0 Å². The van der Waals surface area contributed by atoms with Gasteiger partial charge in [-0.25, -0.2) is 0 Å². The van der Waals surface area contributed by atoms with E-state index in [1.165, 1.54) is 0 Å². The molecule has 1 aliphatic rings. The van der Waals surface area contributed by atoms with E-state index in [1.54, 1.807) is 6.20 Å². The highest BCUT2D eigenvalue weighted by Crippen LogP contribution is 2.28. The molecular formula is C16H17N3O2. The zero-order valence-electron chi connectivity index (χ0n) is 11.8. The molecule has 3 rings (SSSR count). The monoisotopic (exact) mass is 283 g/mol. The Balaban J connectivity index is 1.66. The molecule has 0 unspecified atom stereocenters. The van der Waals surface area contributed by atoms with Crippen molar-refractivity contribution in [1.29, 1.82) is 0 Å². The summed E-state index contributed by atoms with van der Waals surface area (Å²) >= 11 is 0. The van der Waals surface area contributed by atoms with Crippen LogP contribution in [0.4, 0.5) is 5.69 Å². The number of aromatic nitrogens is 1. The summed E-state index contributed by atoms with van der Waals surface area (Å²) in [6.07, 6.45) is 1.79. The second-order valence-corrected chi connectivity index (χ2v) is 5.02. The topological polar surface area (TPSA) is 63.2 Å². The number of benzene rings is 1. The van der Waals surface area contributed by atoms with Gasteiger partial charge in [-0.2, -0.15) is 0 Å². The average molecular weight is 283 g/mol. The summed E-state index contributed by atoms with van der Waals surface area (Å²) in [4.78, 5) is 15.7. The van der Waals surface area contributed by atoms with E-state index in [9.17, 15) is 4.79 Å². The zero-order chi connectivity index (χ0) is 14.7. The van der Waals surface area contributed by atoms with Crippen LogP contribution in [0.2, 0.25) is 0 Å². The number of amides is 1. The molecule has 0 saturated heterocycles. The van der Waals surface area contributed by atoms with Gasteiger partial charge in [-0.15, -0.1) is 0 Å². The van der Waals surface area contributed by atoms with E-state index in [2.05, 4.69) is 22.5 Å². The summed E-state index contributed by atoms with van der Waals surface area (Å²) in [5, 5.41) is 6.23. The Bertz CT molecular complexity index is 643. The fraction of sp³-hybridized carbons (Fsp3) is 0.250. The van der Waals surface area contributed by atoms with Crippen molar-refractivity contribution >= 4 is 11.6 Å². The minimum atomic E-state index is -0.116. The minimum Gasteiger partial charge on any atom is -0.482 e. The molecule has 1 aromatic heterocycles. The highest BCUT2D eigenvalue weighted by molar-refractivity contribution is 5.95. The third-order valence-corrected chi connectivity index (χ3v) is 3.42. The highest BCUT2D eigenvalue weighted by Gasteiger charge is 2.16. The van der Waals surface area contributed by atoms with Gasteiger partial charge < -0.3 is 15.4 Å². The molecule has 21 heavy (non-hydrogen) atoms. The van der Waals surface area contributed by atoms with Crippen molar-refractivity contribution in [1.82, 2.24) is 10.3 Å². The van der Waals surface area contributed by atoms with E-state index in [4.69, 9.17) is 4.74 Å².